The maximum Gasteiger partial charge on any atom is 0.175 e. The summed E-state index contributed by atoms with van der Waals surface area (Å²) in [5.41, 5.74) is 0.762. The van der Waals surface area contributed by atoms with Gasteiger partial charge in [-0.05, 0) is 22.9 Å². The van der Waals surface area contributed by atoms with E-state index in [1.807, 2.05) is 0 Å². The second kappa shape index (κ2) is 5.91. The maximum atomic E-state index is 11.2. The molecule has 0 N–H and O–H groups in total. The van der Waals surface area contributed by atoms with Gasteiger partial charge in [-0.2, -0.15) is 0 Å². The average molecular weight is 303 g/mol. The minimum absolute atomic E-state index is 0.0521. The summed E-state index contributed by atoms with van der Waals surface area (Å²) >= 11 is 3.42. The summed E-state index contributed by atoms with van der Waals surface area (Å²) in [7, 11) is 4.65. The fourth-order valence-electron chi connectivity index (χ4n) is 1.56. The molecule has 1 rings (SSSR count). The Kier molecular flexibility index (Phi) is 4.81. The van der Waals surface area contributed by atoms with Crippen LogP contribution in [-0.2, 0) is 11.2 Å². The van der Waals surface area contributed by atoms with Crippen LogP contribution in [0.4, 0.5) is 0 Å². The summed E-state index contributed by atoms with van der Waals surface area (Å²) in [5, 5.41) is 0. The van der Waals surface area contributed by atoms with Gasteiger partial charge in [0.15, 0.2) is 11.5 Å². The number of hydrogen-bond acceptors (Lipinski definition) is 4. The standard InChI is InChI=1S/C12H15BrO4/c1-7(14)5-8-9(15-2)6-10(16-3)12(17-4)11(8)13/h6H,5H2,1-4H3. The lowest BCUT2D eigenvalue weighted by Gasteiger charge is -2.16. The van der Waals surface area contributed by atoms with Crippen molar-refractivity contribution in [2.24, 2.45) is 0 Å². The fraction of sp³-hybridized carbons (Fsp3) is 0.417. The van der Waals surface area contributed by atoms with E-state index in [0.29, 0.717) is 21.7 Å². The lowest BCUT2D eigenvalue weighted by molar-refractivity contribution is -0.116. The molecule has 0 fully saturated rings. The Hall–Kier alpha value is -1.23. The van der Waals surface area contributed by atoms with Crippen molar-refractivity contribution in [2.75, 3.05) is 21.3 Å². The number of carbonyl (C=O) groups is 1. The smallest absolute Gasteiger partial charge is 0.175 e. The Labute approximate surface area is 109 Å². The van der Waals surface area contributed by atoms with Crippen LogP contribution >= 0.6 is 15.9 Å². The van der Waals surface area contributed by atoms with Crippen LogP contribution in [-0.4, -0.2) is 27.1 Å². The molecular weight excluding hydrogens is 288 g/mol. The topological polar surface area (TPSA) is 44.8 Å². The number of methoxy groups -OCH3 is 3. The van der Waals surface area contributed by atoms with Gasteiger partial charge in [0.1, 0.15) is 11.5 Å². The highest BCUT2D eigenvalue weighted by Gasteiger charge is 2.19. The second-order valence-electron chi connectivity index (χ2n) is 3.49. The van der Waals surface area contributed by atoms with Gasteiger partial charge in [0.2, 0.25) is 0 Å². The van der Waals surface area contributed by atoms with E-state index in [4.69, 9.17) is 14.2 Å². The predicted octanol–water partition coefficient (Wildman–Crippen LogP) is 2.61. The molecule has 1 aromatic carbocycles. The fourth-order valence-corrected chi connectivity index (χ4v) is 2.26. The highest BCUT2D eigenvalue weighted by atomic mass is 79.9. The molecule has 0 saturated heterocycles. The van der Waals surface area contributed by atoms with E-state index in [9.17, 15) is 4.79 Å². The van der Waals surface area contributed by atoms with Crippen LogP contribution in [0.2, 0.25) is 0 Å². The lowest BCUT2D eigenvalue weighted by Crippen LogP contribution is -2.03. The van der Waals surface area contributed by atoms with E-state index in [0.717, 1.165) is 5.56 Å². The van der Waals surface area contributed by atoms with Gasteiger partial charge >= 0.3 is 0 Å². The van der Waals surface area contributed by atoms with Gasteiger partial charge in [-0.3, -0.25) is 4.79 Å². The normalized spacial score (nSPS) is 9.94. The van der Waals surface area contributed by atoms with Gasteiger partial charge in [0, 0.05) is 18.1 Å². The van der Waals surface area contributed by atoms with E-state index in [1.54, 1.807) is 27.4 Å². The lowest BCUT2D eigenvalue weighted by atomic mass is 10.1. The van der Waals surface area contributed by atoms with Crippen molar-refractivity contribution in [3.05, 3.63) is 16.1 Å². The van der Waals surface area contributed by atoms with Crippen molar-refractivity contribution >= 4 is 21.7 Å². The van der Waals surface area contributed by atoms with E-state index in [1.165, 1.54) is 6.92 Å². The summed E-state index contributed by atoms with van der Waals surface area (Å²) in [6.45, 7) is 1.53. The molecule has 0 unspecified atom stereocenters. The Balaban J connectivity index is 3.40. The second-order valence-corrected chi connectivity index (χ2v) is 4.28. The van der Waals surface area contributed by atoms with Crippen LogP contribution in [0.1, 0.15) is 12.5 Å². The first-order chi connectivity index (χ1) is 8.04. The summed E-state index contributed by atoms with van der Waals surface area (Å²) in [5.74, 6) is 1.77. The molecule has 0 aliphatic carbocycles. The number of halogens is 1. The first-order valence-corrected chi connectivity index (χ1v) is 5.81. The quantitative estimate of drug-likeness (QED) is 0.839. The monoisotopic (exact) mass is 302 g/mol. The van der Waals surface area contributed by atoms with Crippen molar-refractivity contribution in [3.8, 4) is 17.2 Å². The van der Waals surface area contributed by atoms with Gasteiger partial charge in [-0.1, -0.05) is 0 Å². The molecule has 5 heteroatoms. The first kappa shape index (κ1) is 13.8. The Bertz CT molecular complexity index is 429. The minimum Gasteiger partial charge on any atom is -0.496 e. The van der Waals surface area contributed by atoms with Crippen molar-refractivity contribution in [1.29, 1.82) is 0 Å². The summed E-state index contributed by atoms with van der Waals surface area (Å²) < 4.78 is 16.4. The van der Waals surface area contributed by atoms with Crippen LogP contribution in [0, 0.1) is 0 Å². The molecule has 0 aromatic heterocycles. The summed E-state index contributed by atoms with van der Waals surface area (Å²) in [6.07, 6.45) is 0.282. The number of benzene rings is 1. The zero-order valence-electron chi connectivity index (χ0n) is 10.3. The summed E-state index contributed by atoms with van der Waals surface area (Å²) in [4.78, 5) is 11.2. The van der Waals surface area contributed by atoms with Gasteiger partial charge < -0.3 is 14.2 Å². The highest BCUT2D eigenvalue weighted by molar-refractivity contribution is 9.10. The maximum absolute atomic E-state index is 11.2. The van der Waals surface area contributed by atoms with Crippen molar-refractivity contribution < 1.29 is 19.0 Å². The predicted molar refractivity (Wildman–Crippen MR) is 68.2 cm³/mol. The van der Waals surface area contributed by atoms with Crippen molar-refractivity contribution in [1.82, 2.24) is 0 Å². The molecule has 17 heavy (non-hydrogen) atoms. The van der Waals surface area contributed by atoms with Crippen LogP contribution < -0.4 is 14.2 Å². The number of carbonyl (C=O) groups excluding carboxylic acids is 1. The third kappa shape index (κ3) is 2.91. The van der Waals surface area contributed by atoms with E-state index in [2.05, 4.69) is 15.9 Å². The Morgan fingerprint density at radius 3 is 2.18 bits per heavy atom. The van der Waals surface area contributed by atoms with Gasteiger partial charge in [0.25, 0.3) is 0 Å². The molecule has 94 valence electrons. The van der Waals surface area contributed by atoms with Gasteiger partial charge in [-0.15, -0.1) is 0 Å². The molecule has 0 heterocycles. The molecule has 0 amide bonds. The number of ether oxygens (including phenoxy) is 3. The third-order valence-corrected chi connectivity index (χ3v) is 3.16. The molecule has 0 aliphatic heterocycles. The molecule has 0 spiro atoms. The molecule has 0 saturated carbocycles. The number of ketones is 1. The Morgan fingerprint density at radius 2 is 1.76 bits per heavy atom. The molecule has 1 aromatic rings. The van der Waals surface area contributed by atoms with Gasteiger partial charge in [0.05, 0.1) is 25.8 Å². The van der Waals surface area contributed by atoms with Gasteiger partial charge in [-0.25, -0.2) is 0 Å². The van der Waals surface area contributed by atoms with Crippen molar-refractivity contribution in [2.45, 2.75) is 13.3 Å². The molecular formula is C12H15BrO4. The minimum atomic E-state index is 0.0521. The largest absolute Gasteiger partial charge is 0.496 e. The molecule has 4 nitrogen and oxygen atoms in total. The average Bonchev–Trinajstić information content (AvgIpc) is 2.30. The van der Waals surface area contributed by atoms with Crippen LogP contribution in [0.25, 0.3) is 0 Å². The third-order valence-electron chi connectivity index (χ3n) is 2.32. The number of hydrogen-bond donors (Lipinski definition) is 0. The first-order valence-electron chi connectivity index (χ1n) is 5.01. The Morgan fingerprint density at radius 1 is 1.18 bits per heavy atom. The molecule has 0 aliphatic rings. The molecule has 0 atom stereocenters. The van der Waals surface area contributed by atoms with Crippen molar-refractivity contribution in [3.63, 3.8) is 0 Å². The molecule has 0 bridgehead atoms. The molecule has 0 radical (unpaired) electrons. The van der Waals surface area contributed by atoms with E-state index >= 15 is 0 Å². The summed E-state index contributed by atoms with van der Waals surface area (Å²) in [6, 6.07) is 1.71. The van der Waals surface area contributed by atoms with E-state index < -0.39 is 0 Å². The van der Waals surface area contributed by atoms with Crippen LogP contribution in [0.15, 0.2) is 10.5 Å². The number of rotatable bonds is 5. The zero-order chi connectivity index (χ0) is 13.0. The zero-order valence-corrected chi connectivity index (χ0v) is 11.9. The SMILES string of the molecule is COc1cc(OC)c(OC)c(Br)c1CC(C)=O. The highest BCUT2D eigenvalue weighted by Crippen LogP contribution is 2.43. The van der Waals surface area contributed by atoms with Crippen LogP contribution in [0.3, 0.4) is 0 Å². The number of Topliss-reactive ketones (excluding diaryl/α,β-unsaturated/α-hetero) is 1. The van der Waals surface area contributed by atoms with Crippen LogP contribution in [0.5, 0.6) is 17.2 Å². The van der Waals surface area contributed by atoms with E-state index in [-0.39, 0.29) is 12.2 Å².